The molecule has 0 saturated carbocycles. The lowest BCUT2D eigenvalue weighted by Crippen LogP contribution is -2.19. The molecule has 0 aliphatic carbocycles. The van der Waals surface area contributed by atoms with E-state index in [0.29, 0.717) is 17.5 Å². The highest BCUT2D eigenvalue weighted by molar-refractivity contribution is 5.81. The molecule has 0 bridgehead atoms. The van der Waals surface area contributed by atoms with Crippen molar-refractivity contribution in [2.45, 2.75) is 24.9 Å². The molecular formula is C10H11N5O3. The number of imidazole rings is 1. The van der Waals surface area contributed by atoms with Crippen molar-refractivity contribution < 1.29 is 14.6 Å². The van der Waals surface area contributed by atoms with Crippen LogP contribution in [-0.4, -0.2) is 43.1 Å². The quantitative estimate of drug-likeness (QED) is 0.673. The average Bonchev–Trinajstić information content (AvgIpc) is 2.93. The van der Waals surface area contributed by atoms with Crippen molar-refractivity contribution in [3.63, 3.8) is 0 Å². The first-order valence-electron chi connectivity index (χ1n) is 5.42. The van der Waals surface area contributed by atoms with Crippen molar-refractivity contribution in [2.24, 2.45) is 0 Å². The summed E-state index contributed by atoms with van der Waals surface area (Å²) in [6.45, 7) is 0. The maximum absolute atomic E-state index is 10.7. The Morgan fingerprint density at radius 3 is 3.06 bits per heavy atom. The highest BCUT2D eigenvalue weighted by atomic mass is 16.5. The Morgan fingerprint density at radius 1 is 1.50 bits per heavy atom. The maximum Gasteiger partial charge on any atom is 0.167 e. The lowest BCUT2D eigenvalue weighted by atomic mass is 10.2. The van der Waals surface area contributed by atoms with E-state index in [4.69, 9.17) is 10.5 Å². The van der Waals surface area contributed by atoms with Crippen LogP contribution in [0.2, 0.25) is 0 Å². The minimum atomic E-state index is -0.784. The normalized spacial score (nSPS) is 27.7. The second-order valence-electron chi connectivity index (χ2n) is 4.09. The number of hydrogen-bond donors (Lipinski definition) is 2. The molecule has 1 aliphatic rings. The third-order valence-electron chi connectivity index (χ3n) is 2.93. The fraction of sp³-hybridized carbons (Fsp3) is 0.400. The van der Waals surface area contributed by atoms with E-state index in [9.17, 15) is 9.90 Å². The minimum absolute atomic E-state index is 0.258. The number of ether oxygens (including phenoxy) is 1. The van der Waals surface area contributed by atoms with E-state index in [-0.39, 0.29) is 12.2 Å². The zero-order chi connectivity index (χ0) is 12.7. The van der Waals surface area contributed by atoms with E-state index in [1.165, 1.54) is 12.7 Å². The number of anilines is 1. The van der Waals surface area contributed by atoms with Crippen LogP contribution in [-0.2, 0) is 9.53 Å². The van der Waals surface area contributed by atoms with Crippen LogP contribution in [0.1, 0.15) is 12.6 Å². The van der Waals surface area contributed by atoms with Gasteiger partial charge < -0.3 is 20.4 Å². The van der Waals surface area contributed by atoms with E-state index in [1.807, 2.05) is 0 Å². The van der Waals surface area contributed by atoms with Gasteiger partial charge in [0, 0.05) is 6.42 Å². The van der Waals surface area contributed by atoms with Gasteiger partial charge in [-0.25, -0.2) is 15.0 Å². The maximum atomic E-state index is 10.7. The van der Waals surface area contributed by atoms with Crippen LogP contribution in [0, 0.1) is 0 Å². The number of carbonyl (C=O) groups is 1. The average molecular weight is 249 g/mol. The van der Waals surface area contributed by atoms with Gasteiger partial charge in [0.2, 0.25) is 0 Å². The molecule has 2 aromatic heterocycles. The van der Waals surface area contributed by atoms with E-state index >= 15 is 0 Å². The molecule has 2 aromatic rings. The standard InChI is InChI=1S/C10H11N5O3/c11-8-7-9(13-3-12-8)15(4-14-7)10-6(17)1-5(2-16)18-10/h2-6,10,17H,1H2,(H2,11,12,13)/t5-,6-,10+/m0/s1. The number of nitrogen functional groups attached to an aromatic ring is 1. The molecule has 3 heterocycles. The lowest BCUT2D eigenvalue weighted by molar-refractivity contribution is -0.120. The van der Waals surface area contributed by atoms with Crippen LogP contribution < -0.4 is 5.73 Å². The Hall–Kier alpha value is -2.06. The largest absolute Gasteiger partial charge is 0.388 e. The predicted molar refractivity (Wildman–Crippen MR) is 60.3 cm³/mol. The van der Waals surface area contributed by atoms with Crippen molar-refractivity contribution >= 4 is 23.3 Å². The SMILES string of the molecule is Nc1ncnc2c1ncn2[C@@H]1O[C@H](C=O)C[C@@H]1O. The van der Waals surface area contributed by atoms with Crippen molar-refractivity contribution in [1.29, 1.82) is 0 Å². The van der Waals surface area contributed by atoms with E-state index < -0.39 is 18.4 Å². The van der Waals surface area contributed by atoms with Gasteiger partial charge in [-0.05, 0) is 0 Å². The molecule has 1 aliphatic heterocycles. The van der Waals surface area contributed by atoms with Gasteiger partial charge in [-0.15, -0.1) is 0 Å². The van der Waals surface area contributed by atoms with Crippen molar-refractivity contribution in [1.82, 2.24) is 19.5 Å². The molecule has 8 heteroatoms. The van der Waals surface area contributed by atoms with Crippen molar-refractivity contribution in [3.05, 3.63) is 12.7 Å². The van der Waals surface area contributed by atoms with Crippen LogP contribution in [0.3, 0.4) is 0 Å². The summed E-state index contributed by atoms with van der Waals surface area (Å²) in [6, 6.07) is 0. The molecular weight excluding hydrogens is 238 g/mol. The number of nitrogens with two attached hydrogens (primary N) is 1. The highest BCUT2D eigenvalue weighted by Crippen LogP contribution is 2.30. The molecule has 3 N–H and O–H groups in total. The van der Waals surface area contributed by atoms with Crippen molar-refractivity contribution in [2.75, 3.05) is 5.73 Å². The number of aldehydes is 1. The van der Waals surface area contributed by atoms with Gasteiger partial charge in [-0.3, -0.25) is 4.57 Å². The first kappa shape index (κ1) is 11.1. The monoisotopic (exact) mass is 249 g/mol. The summed E-state index contributed by atoms with van der Waals surface area (Å²) in [4.78, 5) is 22.7. The first-order valence-corrected chi connectivity index (χ1v) is 5.42. The number of carbonyl (C=O) groups excluding carboxylic acids is 1. The summed E-state index contributed by atoms with van der Waals surface area (Å²) in [5.74, 6) is 0.262. The second kappa shape index (κ2) is 4.00. The summed E-state index contributed by atoms with van der Waals surface area (Å²) < 4.78 is 6.98. The van der Waals surface area contributed by atoms with Crippen LogP contribution >= 0.6 is 0 Å². The van der Waals surface area contributed by atoms with Gasteiger partial charge >= 0.3 is 0 Å². The van der Waals surface area contributed by atoms with E-state index in [0.717, 1.165) is 0 Å². The molecule has 3 rings (SSSR count). The van der Waals surface area contributed by atoms with Gasteiger partial charge in [0.15, 0.2) is 17.7 Å². The Morgan fingerprint density at radius 2 is 2.33 bits per heavy atom. The second-order valence-corrected chi connectivity index (χ2v) is 4.09. The molecule has 0 unspecified atom stereocenters. The molecule has 0 spiro atoms. The Labute approximate surface area is 101 Å². The number of aromatic nitrogens is 4. The van der Waals surface area contributed by atoms with Gasteiger partial charge in [0.1, 0.15) is 30.3 Å². The molecule has 3 atom stereocenters. The third-order valence-corrected chi connectivity index (χ3v) is 2.93. The zero-order valence-corrected chi connectivity index (χ0v) is 9.30. The fourth-order valence-electron chi connectivity index (χ4n) is 2.07. The summed E-state index contributed by atoms with van der Waals surface area (Å²) in [5.41, 5.74) is 6.59. The molecule has 18 heavy (non-hydrogen) atoms. The number of nitrogens with zero attached hydrogens (tertiary/aromatic N) is 4. The van der Waals surface area contributed by atoms with Gasteiger partial charge in [0.05, 0.1) is 6.33 Å². The molecule has 94 valence electrons. The topological polar surface area (TPSA) is 116 Å². The smallest absolute Gasteiger partial charge is 0.167 e. The van der Waals surface area contributed by atoms with Crippen LogP contribution in [0.15, 0.2) is 12.7 Å². The minimum Gasteiger partial charge on any atom is -0.388 e. The lowest BCUT2D eigenvalue weighted by Gasteiger charge is -2.15. The summed E-state index contributed by atoms with van der Waals surface area (Å²) in [6.07, 6.45) is 1.64. The number of hydrogen-bond acceptors (Lipinski definition) is 7. The highest BCUT2D eigenvalue weighted by Gasteiger charge is 2.36. The molecule has 0 radical (unpaired) electrons. The molecule has 8 nitrogen and oxygen atoms in total. The number of aliphatic hydroxyl groups is 1. The number of aliphatic hydroxyl groups excluding tert-OH is 1. The summed E-state index contributed by atoms with van der Waals surface area (Å²) >= 11 is 0. The van der Waals surface area contributed by atoms with E-state index in [2.05, 4.69) is 15.0 Å². The third kappa shape index (κ3) is 1.54. The van der Waals surface area contributed by atoms with Crippen LogP contribution in [0.25, 0.3) is 11.2 Å². The fourth-order valence-corrected chi connectivity index (χ4v) is 2.07. The molecule has 1 saturated heterocycles. The zero-order valence-electron chi connectivity index (χ0n) is 9.30. The van der Waals surface area contributed by atoms with E-state index in [1.54, 1.807) is 4.57 Å². The Balaban J connectivity index is 2.05. The Bertz CT molecular complexity index is 598. The molecule has 1 fully saturated rings. The summed E-state index contributed by atoms with van der Waals surface area (Å²) in [7, 11) is 0. The number of fused-ring (bicyclic) bond motifs is 1. The molecule has 0 aromatic carbocycles. The Kier molecular flexibility index (Phi) is 2.46. The predicted octanol–water partition coefficient (Wildman–Crippen LogP) is -0.744. The van der Waals surface area contributed by atoms with Gasteiger partial charge in [0.25, 0.3) is 0 Å². The van der Waals surface area contributed by atoms with Crippen molar-refractivity contribution in [3.8, 4) is 0 Å². The first-order chi connectivity index (χ1) is 8.70. The molecule has 0 amide bonds. The van der Waals surface area contributed by atoms with Crippen LogP contribution in [0.5, 0.6) is 0 Å². The van der Waals surface area contributed by atoms with Crippen LogP contribution in [0.4, 0.5) is 5.82 Å². The van der Waals surface area contributed by atoms with Gasteiger partial charge in [-0.2, -0.15) is 0 Å². The number of rotatable bonds is 2. The van der Waals surface area contributed by atoms with Gasteiger partial charge in [-0.1, -0.05) is 0 Å². The summed E-state index contributed by atoms with van der Waals surface area (Å²) in [5, 5.41) is 9.88.